The van der Waals surface area contributed by atoms with Crippen molar-refractivity contribution >= 4 is 0 Å². The van der Waals surface area contributed by atoms with Crippen LogP contribution in [0.5, 0.6) is 0 Å². The molecule has 2 aromatic rings. The van der Waals surface area contributed by atoms with Gasteiger partial charge < -0.3 is 9.84 Å². The van der Waals surface area contributed by atoms with Crippen LogP contribution in [0.3, 0.4) is 0 Å². The summed E-state index contributed by atoms with van der Waals surface area (Å²) in [6.45, 7) is 1.09. The van der Waals surface area contributed by atoms with E-state index in [0.29, 0.717) is 18.8 Å². The SMILES string of the molecule is OC(Cc1c(F)cccc1F)c1ccc2c(c1)COC2. The van der Waals surface area contributed by atoms with Crippen LogP contribution in [0.4, 0.5) is 8.78 Å². The number of hydrogen-bond donors (Lipinski definition) is 1. The maximum absolute atomic E-state index is 13.6. The summed E-state index contributed by atoms with van der Waals surface area (Å²) in [5, 5.41) is 10.2. The van der Waals surface area contributed by atoms with Gasteiger partial charge in [0.15, 0.2) is 0 Å². The molecule has 1 unspecified atom stereocenters. The molecule has 0 amide bonds. The second-order valence-electron chi connectivity index (χ2n) is 4.94. The van der Waals surface area contributed by atoms with Gasteiger partial charge in [0.25, 0.3) is 0 Å². The fourth-order valence-corrected chi connectivity index (χ4v) is 2.44. The van der Waals surface area contributed by atoms with Crippen LogP contribution < -0.4 is 0 Å². The third-order valence-electron chi connectivity index (χ3n) is 3.59. The fraction of sp³-hybridized carbons (Fsp3) is 0.250. The molecule has 0 aliphatic carbocycles. The molecule has 0 aromatic heterocycles. The monoisotopic (exact) mass is 276 g/mol. The summed E-state index contributed by atoms with van der Waals surface area (Å²) >= 11 is 0. The Labute approximate surface area is 115 Å². The summed E-state index contributed by atoms with van der Waals surface area (Å²) < 4.78 is 32.5. The zero-order valence-corrected chi connectivity index (χ0v) is 10.8. The first-order valence-electron chi connectivity index (χ1n) is 6.45. The second kappa shape index (κ2) is 5.31. The molecular weight excluding hydrogens is 262 g/mol. The third-order valence-corrected chi connectivity index (χ3v) is 3.59. The van der Waals surface area contributed by atoms with Crippen LogP contribution in [0.1, 0.15) is 28.4 Å². The van der Waals surface area contributed by atoms with Crippen molar-refractivity contribution in [2.45, 2.75) is 25.7 Å². The molecule has 104 valence electrons. The zero-order valence-electron chi connectivity index (χ0n) is 10.8. The van der Waals surface area contributed by atoms with E-state index in [4.69, 9.17) is 4.74 Å². The van der Waals surface area contributed by atoms with Gasteiger partial charge in [-0.3, -0.25) is 0 Å². The highest BCUT2D eigenvalue weighted by atomic mass is 19.1. The first-order chi connectivity index (χ1) is 9.65. The molecule has 2 nitrogen and oxygen atoms in total. The van der Waals surface area contributed by atoms with Crippen molar-refractivity contribution in [1.29, 1.82) is 0 Å². The molecule has 1 aliphatic heterocycles. The first-order valence-corrected chi connectivity index (χ1v) is 6.45. The number of aliphatic hydroxyl groups is 1. The van der Waals surface area contributed by atoms with E-state index < -0.39 is 17.7 Å². The summed E-state index contributed by atoms with van der Waals surface area (Å²) in [5.74, 6) is -1.26. The van der Waals surface area contributed by atoms with Crippen LogP contribution in [0.2, 0.25) is 0 Å². The van der Waals surface area contributed by atoms with Crippen LogP contribution in [-0.2, 0) is 24.4 Å². The van der Waals surface area contributed by atoms with Crippen LogP contribution in [0, 0.1) is 11.6 Å². The number of fused-ring (bicyclic) bond motifs is 1. The third kappa shape index (κ3) is 2.44. The Hall–Kier alpha value is -1.78. The van der Waals surface area contributed by atoms with Gasteiger partial charge in [0.2, 0.25) is 0 Å². The largest absolute Gasteiger partial charge is 0.388 e. The van der Waals surface area contributed by atoms with Crippen molar-refractivity contribution in [3.8, 4) is 0 Å². The summed E-state index contributed by atoms with van der Waals surface area (Å²) in [6, 6.07) is 9.21. The smallest absolute Gasteiger partial charge is 0.129 e. The van der Waals surface area contributed by atoms with Crippen LogP contribution in [0.25, 0.3) is 0 Å². The van der Waals surface area contributed by atoms with E-state index in [2.05, 4.69) is 0 Å². The summed E-state index contributed by atoms with van der Waals surface area (Å²) in [4.78, 5) is 0. The quantitative estimate of drug-likeness (QED) is 0.932. The normalized spacial score (nSPS) is 15.2. The molecule has 4 heteroatoms. The van der Waals surface area contributed by atoms with E-state index in [9.17, 15) is 13.9 Å². The van der Waals surface area contributed by atoms with Crippen LogP contribution in [0.15, 0.2) is 36.4 Å². The Bertz CT molecular complexity index is 620. The lowest BCUT2D eigenvalue weighted by atomic mass is 9.97. The van der Waals surface area contributed by atoms with E-state index in [1.165, 1.54) is 18.2 Å². The van der Waals surface area contributed by atoms with Gasteiger partial charge in [0, 0.05) is 12.0 Å². The number of benzene rings is 2. The fourth-order valence-electron chi connectivity index (χ4n) is 2.44. The van der Waals surface area contributed by atoms with Crippen LogP contribution in [-0.4, -0.2) is 5.11 Å². The topological polar surface area (TPSA) is 29.5 Å². The molecule has 1 heterocycles. The maximum Gasteiger partial charge on any atom is 0.129 e. The molecule has 0 radical (unpaired) electrons. The molecule has 20 heavy (non-hydrogen) atoms. The van der Waals surface area contributed by atoms with Gasteiger partial charge in [-0.1, -0.05) is 24.3 Å². The van der Waals surface area contributed by atoms with Gasteiger partial charge in [-0.2, -0.15) is 0 Å². The molecule has 1 atom stereocenters. The molecule has 3 rings (SSSR count). The number of halogens is 2. The van der Waals surface area contributed by atoms with Gasteiger partial charge >= 0.3 is 0 Å². The Balaban J connectivity index is 1.84. The number of hydrogen-bond acceptors (Lipinski definition) is 2. The minimum Gasteiger partial charge on any atom is -0.388 e. The van der Waals surface area contributed by atoms with Gasteiger partial charge in [0.05, 0.1) is 19.3 Å². The van der Waals surface area contributed by atoms with E-state index >= 15 is 0 Å². The highest BCUT2D eigenvalue weighted by molar-refractivity contribution is 5.35. The molecule has 0 fully saturated rings. The van der Waals surface area contributed by atoms with Gasteiger partial charge in [-0.15, -0.1) is 0 Å². The molecule has 0 bridgehead atoms. The van der Waals surface area contributed by atoms with Crippen molar-refractivity contribution in [3.63, 3.8) is 0 Å². The molecule has 0 spiro atoms. The molecule has 1 aliphatic rings. The Morgan fingerprint density at radius 3 is 2.50 bits per heavy atom. The minimum absolute atomic E-state index is 0.0852. The lowest BCUT2D eigenvalue weighted by Gasteiger charge is -2.13. The number of rotatable bonds is 3. The van der Waals surface area contributed by atoms with Crippen LogP contribution >= 0.6 is 0 Å². The predicted octanol–water partition coefficient (Wildman–Crippen LogP) is 3.27. The first kappa shape index (κ1) is 13.2. The zero-order chi connectivity index (χ0) is 14.1. The average molecular weight is 276 g/mol. The molecule has 2 aromatic carbocycles. The van der Waals surface area contributed by atoms with Crippen molar-refractivity contribution < 1.29 is 18.6 Å². The Kier molecular flexibility index (Phi) is 3.51. The summed E-state index contributed by atoms with van der Waals surface area (Å²) in [7, 11) is 0. The number of aliphatic hydroxyl groups excluding tert-OH is 1. The maximum atomic E-state index is 13.6. The van der Waals surface area contributed by atoms with Gasteiger partial charge in [-0.05, 0) is 28.8 Å². The van der Waals surface area contributed by atoms with Crippen molar-refractivity contribution in [3.05, 3.63) is 70.3 Å². The number of ether oxygens (including phenoxy) is 1. The molecular formula is C16H14F2O2. The Morgan fingerprint density at radius 2 is 1.75 bits per heavy atom. The lowest BCUT2D eigenvalue weighted by Crippen LogP contribution is -2.06. The highest BCUT2D eigenvalue weighted by Crippen LogP contribution is 2.27. The molecule has 1 N–H and O–H groups in total. The van der Waals surface area contributed by atoms with E-state index in [1.807, 2.05) is 12.1 Å². The van der Waals surface area contributed by atoms with Crippen molar-refractivity contribution in [1.82, 2.24) is 0 Å². The summed E-state index contributed by atoms with van der Waals surface area (Å²) in [6.07, 6.45) is -1.02. The van der Waals surface area contributed by atoms with Crippen molar-refractivity contribution in [2.24, 2.45) is 0 Å². The predicted molar refractivity (Wildman–Crippen MR) is 70.0 cm³/mol. The molecule has 0 saturated heterocycles. The van der Waals surface area contributed by atoms with Gasteiger partial charge in [-0.25, -0.2) is 8.78 Å². The average Bonchev–Trinajstić information content (AvgIpc) is 2.90. The van der Waals surface area contributed by atoms with Gasteiger partial charge in [0.1, 0.15) is 11.6 Å². The highest BCUT2D eigenvalue weighted by Gasteiger charge is 2.18. The standard InChI is InChI=1S/C16H14F2O2/c17-14-2-1-3-15(18)13(14)7-16(19)10-4-5-11-8-20-9-12(11)6-10/h1-6,16,19H,7-9H2. The minimum atomic E-state index is -0.938. The van der Waals surface area contributed by atoms with E-state index in [1.54, 1.807) is 6.07 Å². The van der Waals surface area contributed by atoms with Crippen molar-refractivity contribution in [2.75, 3.05) is 0 Å². The second-order valence-corrected chi connectivity index (χ2v) is 4.94. The van der Waals surface area contributed by atoms with E-state index in [0.717, 1.165) is 11.1 Å². The Morgan fingerprint density at radius 1 is 1.05 bits per heavy atom. The van der Waals surface area contributed by atoms with E-state index in [-0.39, 0.29) is 12.0 Å². The summed E-state index contributed by atoms with van der Waals surface area (Å²) in [5.41, 5.74) is 2.68. The lowest BCUT2D eigenvalue weighted by molar-refractivity contribution is 0.134. The molecule has 0 saturated carbocycles.